The average Bonchev–Trinajstić information content (AvgIpc) is 3.14. The van der Waals surface area contributed by atoms with Crippen molar-refractivity contribution in [3.05, 3.63) is 78.8 Å². The largest absolute Gasteiger partial charge is 0.191 e. The highest BCUT2D eigenvalue weighted by Gasteiger charge is 2.12. The Morgan fingerprint density at radius 3 is 2.48 bits per heavy atom. The van der Waals surface area contributed by atoms with Gasteiger partial charge in [0, 0.05) is 16.3 Å². The summed E-state index contributed by atoms with van der Waals surface area (Å²) in [7, 11) is 0. The van der Waals surface area contributed by atoms with E-state index in [1.807, 2.05) is 48.5 Å². The lowest BCUT2D eigenvalue weighted by Gasteiger charge is -2.05. The van der Waals surface area contributed by atoms with Gasteiger partial charge in [-0.05, 0) is 27.7 Å². The molecule has 0 fully saturated rings. The van der Waals surface area contributed by atoms with Crippen LogP contribution in [0, 0.1) is 0 Å². The van der Waals surface area contributed by atoms with Gasteiger partial charge >= 0.3 is 0 Å². The van der Waals surface area contributed by atoms with Gasteiger partial charge in [-0.25, -0.2) is 0 Å². The Morgan fingerprint density at radius 1 is 0.783 bits per heavy atom. The van der Waals surface area contributed by atoms with Crippen molar-refractivity contribution in [2.24, 2.45) is 0 Å². The summed E-state index contributed by atoms with van der Waals surface area (Å²) in [5, 5.41) is 3.89. The van der Waals surface area contributed by atoms with Gasteiger partial charge < -0.3 is 0 Å². The van der Waals surface area contributed by atoms with Crippen molar-refractivity contribution in [2.45, 2.75) is 0 Å². The topological polar surface area (TPSA) is 12.9 Å². The smallest absolute Gasteiger partial charge is 0.0919 e. The van der Waals surface area contributed by atoms with E-state index in [0.717, 1.165) is 32.1 Å². The fourth-order valence-corrected chi connectivity index (χ4v) is 4.00. The van der Waals surface area contributed by atoms with Gasteiger partial charge in [0.2, 0.25) is 0 Å². The Bertz CT molecular complexity index is 1360. The molecule has 0 aliphatic carbocycles. The minimum Gasteiger partial charge on any atom is -0.191 e. The van der Waals surface area contributed by atoms with E-state index in [1.54, 1.807) is 6.07 Å². The first-order valence-electron chi connectivity index (χ1n) is 9.34. The van der Waals surface area contributed by atoms with Crippen molar-refractivity contribution in [1.82, 2.24) is 4.37 Å². The number of rotatable bonds is 1. The molecule has 1 heterocycles. The number of hydrogen-bond acceptors (Lipinski definition) is 2. The Morgan fingerprint density at radius 2 is 1.57 bits per heavy atom. The fourth-order valence-electron chi connectivity index (χ4n) is 3.04. The third-order valence-electron chi connectivity index (χ3n) is 4.12. The molecule has 0 N–H and O–H groups in total. The van der Waals surface area contributed by atoms with Crippen molar-refractivity contribution < 1.29 is 5.48 Å². The molecule has 0 unspecified atom stereocenters. The van der Waals surface area contributed by atoms with Crippen LogP contribution in [0.3, 0.4) is 0 Å². The van der Waals surface area contributed by atoms with Crippen LogP contribution in [0.2, 0.25) is 0 Å². The highest BCUT2D eigenvalue weighted by molar-refractivity contribution is 7.15. The highest BCUT2D eigenvalue weighted by atomic mass is 32.1. The van der Waals surface area contributed by atoms with Crippen molar-refractivity contribution >= 4 is 43.2 Å². The number of nitrogens with zero attached hydrogens (tertiary/aromatic N) is 1. The summed E-state index contributed by atoms with van der Waals surface area (Å²) in [6, 6.07) is 17.3. The standard InChI is InChI=1S/C21H13NS/c1-2-7-16(8-3-1)20-18-13-12-15-11-10-14-6-4-5-9-17(14)19(15)21(18)23-22-20/h1-13H/i4D,5D,6D,9D. The first kappa shape index (κ1) is 9.43. The lowest BCUT2D eigenvalue weighted by molar-refractivity contribution is 1.54. The maximum absolute atomic E-state index is 8.45. The van der Waals surface area contributed by atoms with Gasteiger partial charge in [-0.3, -0.25) is 0 Å². The molecule has 1 aromatic heterocycles. The summed E-state index contributed by atoms with van der Waals surface area (Å²) in [6.07, 6.45) is 0. The molecule has 0 spiro atoms. The van der Waals surface area contributed by atoms with E-state index in [9.17, 15) is 0 Å². The van der Waals surface area contributed by atoms with Crippen LogP contribution in [0.1, 0.15) is 5.48 Å². The van der Waals surface area contributed by atoms with Crippen molar-refractivity contribution in [3.63, 3.8) is 0 Å². The van der Waals surface area contributed by atoms with E-state index in [2.05, 4.69) is 4.37 Å². The molecule has 0 aliphatic rings. The fraction of sp³-hybridized carbons (Fsp3) is 0. The van der Waals surface area contributed by atoms with Crippen molar-refractivity contribution in [3.8, 4) is 11.3 Å². The van der Waals surface area contributed by atoms with Crippen LogP contribution in [0.25, 0.3) is 42.9 Å². The molecular weight excluding hydrogens is 298 g/mol. The summed E-state index contributed by atoms with van der Waals surface area (Å²) in [5.41, 5.74) is 1.93. The molecule has 0 aliphatic heterocycles. The molecular formula is C21H13NS. The minimum atomic E-state index is -0.204. The first-order valence-corrected chi connectivity index (χ1v) is 8.12. The number of fused-ring (bicyclic) bond motifs is 5. The number of benzene rings is 4. The Kier molecular flexibility index (Phi) is 2.01. The van der Waals surface area contributed by atoms with E-state index in [1.165, 1.54) is 11.5 Å². The normalized spacial score (nSPS) is 13.9. The van der Waals surface area contributed by atoms with Crippen LogP contribution in [-0.2, 0) is 0 Å². The van der Waals surface area contributed by atoms with Crippen LogP contribution in [-0.4, -0.2) is 4.37 Å². The monoisotopic (exact) mass is 315 g/mol. The second kappa shape index (κ2) is 4.90. The molecule has 5 aromatic rings. The maximum Gasteiger partial charge on any atom is 0.0919 e. The number of hydrogen-bond donors (Lipinski definition) is 0. The van der Waals surface area contributed by atoms with Gasteiger partial charge in [0.25, 0.3) is 0 Å². The molecule has 4 aromatic carbocycles. The molecule has 0 radical (unpaired) electrons. The molecule has 0 saturated carbocycles. The third kappa shape index (κ3) is 1.89. The van der Waals surface area contributed by atoms with Gasteiger partial charge in [-0.15, -0.1) is 0 Å². The molecule has 0 atom stereocenters. The van der Waals surface area contributed by atoms with Crippen molar-refractivity contribution in [2.75, 3.05) is 0 Å². The van der Waals surface area contributed by atoms with Crippen LogP contribution < -0.4 is 0 Å². The number of aromatic nitrogens is 1. The van der Waals surface area contributed by atoms with Crippen LogP contribution in [0.15, 0.2) is 78.8 Å². The van der Waals surface area contributed by atoms with Gasteiger partial charge in [0.1, 0.15) is 0 Å². The summed E-state index contributed by atoms with van der Waals surface area (Å²) < 4.78 is 38.3. The molecule has 0 amide bonds. The Balaban J connectivity index is 1.99. The second-order valence-electron chi connectivity index (χ2n) is 5.43. The molecule has 23 heavy (non-hydrogen) atoms. The van der Waals surface area contributed by atoms with Gasteiger partial charge in [0.05, 0.1) is 15.9 Å². The van der Waals surface area contributed by atoms with E-state index < -0.39 is 0 Å². The summed E-state index contributed by atoms with van der Waals surface area (Å²) in [4.78, 5) is 0. The first-order chi connectivity index (χ1) is 13.1. The SMILES string of the molecule is [2H]c1c([2H])c([2H])c2c(ccc3ccc4c(-c5ccccc5)nsc4c32)c1[2H]. The maximum atomic E-state index is 8.45. The van der Waals surface area contributed by atoms with Gasteiger partial charge in [-0.2, -0.15) is 4.37 Å². The van der Waals surface area contributed by atoms with E-state index >= 15 is 0 Å². The molecule has 5 rings (SSSR count). The quantitative estimate of drug-likeness (QED) is 0.332. The zero-order valence-electron chi connectivity index (χ0n) is 16.1. The van der Waals surface area contributed by atoms with Gasteiger partial charge in [0.15, 0.2) is 0 Å². The lowest BCUT2D eigenvalue weighted by atomic mass is 9.99. The Hall–Kier alpha value is -2.71. The molecule has 0 saturated heterocycles. The van der Waals surface area contributed by atoms with Crippen LogP contribution in [0.4, 0.5) is 0 Å². The third-order valence-corrected chi connectivity index (χ3v) is 5.00. The molecule has 108 valence electrons. The lowest BCUT2D eigenvalue weighted by Crippen LogP contribution is -1.80. The van der Waals surface area contributed by atoms with Crippen molar-refractivity contribution in [1.29, 1.82) is 0 Å². The summed E-state index contributed by atoms with van der Waals surface area (Å²) >= 11 is 1.38. The Labute approximate surface area is 143 Å². The molecule has 1 nitrogen and oxygen atoms in total. The zero-order chi connectivity index (χ0) is 18.7. The summed E-state index contributed by atoms with van der Waals surface area (Å²) in [5.74, 6) is 0. The predicted molar refractivity (Wildman–Crippen MR) is 100 cm³/mol. The molecule has 2 heteroatoms. The molecule has 0 bridgehead atoms. The minimum absolute atomic E-state index is 0.00115. The second-order valence-corrected chi connectivity index (χ2v) is 6.20. The summed E-state index contributed by atoms with van der Waals surface area (Å²) in [6.45, 7) is 0. The average molecular weight is 315 g/mol. The van der Waals surface area contributed by atoms with E-state index in [4.69, 9.17) is 5.48 Å². The van der Waals surface area contributed by atoms with Crippen LogP contribution in [0.5, 0.6) is 0 Å². The van der Waals surface area contributed by atoms with E-state index in [0.29, 0.717) is 10.8 Å². The predicted octanol–water partition coefficient (Wildman–Crippen LogP) is 6.27. The van der Waals surface area contributed by atoms with Gasteiger partial charge in [-0.1, -0.05) is 78.8 Å². The highest BCUT2D eigenvalue weighted by Crippen LogP contribution is 2.38. The van der Waals surface area contributed by atoms with Crippen LogP contribution >= 0.6 is 11.5 Å². The van der Waals surface area contributed by atoms with E-state index in [-0.39, 0.29) is 24.2 Å². The zero-order valence-corrected chi connectivity index (χ0v) is 12.9.